The first-order valence-electron chi connectivity index (χ1n) is 10.9. The van der Waals surface area contributed by atoms with Crippen LogP contribution < -0.4 is 4.90 Å². The van der Waals surface area contributed by atoms with Gasteiger partial charge in [-0.2, -0.15) is 5.10 Å². The maximum atomic E-state index is 6.48. The summed E-state index contributed by atoms with van der Waals surface area (Å²) in [5.74, 6) is 1.60. The Morgan fingerprint density at radius 1 is 1.00 bits per heavy atom. The summed E-state index contributed by atoms with van der Waals surface area (Å²) in [6.45, 7) is 4.13. The molecule has 0 spiro atoms. The SMILES string of the molecule is Cc1nc2c(-c3ncn[nH]3)cc(N3CCCCC3)cc2n1-c1cnc2cccc(Cl)c2c1. The van der Waals surface area contributed by atoms with Gasteiger partial charge >= 0.3 is 0 Å². The van der Waals surface area contributed by atoms with Gasteiger partial charge in [0.2, 0.25) is 0 Å². The van der Waals surface area contributed by atoms with Crippen molar-refractivity contribution in [2.24, 2.45) is 0 Å². The maximum Gasteiger partial charge on any atom is 0.157 e. The number of nitrogens with zero attached hydrogens (tertiary/aromatic N) is 6. The van der Waals surface area contributed by atoms with Crippen LogP contribution in [0.2, 0.25) is 5.02 Å². The van der Waals surface area contributed by atoms with Crippen molar-refractivity contribution in [1.82, 2.24) is 29.7 Å². The van der Waals surface area contributed by atoms with E-state index in [2.05, 4.69) is 47.8 Å². The Bertz CT molecular complexity index is 1430. The molecule has 6 rings (SSSR count). The molecule has 5 aromatic rings. The third-order valence-electron chi connectivity index (χ3n) is 6.22. The zero-order chi connectivity index (χ0) is 21.7. The fraction of sp³-hybridized carbons (Fsp3) is 0.250. The molecular formula is C24H22ClN7. The molecule has 4 heterocycles. The number of rotatable bonds is 3. The number of aromatic nitrogens is 6. The lowest BCUT2D eigenvalue weighted by atomic mass is 10.1. The quantitative estimate of drug-likeness (QED) is 0.409. The number of imidazole rings is 1. The highest BCUT2D eigenvalue weighted by Gasteiger charge is 2.20. The molecule has 1 aliphatic rings. The minimum absolute atomic E-state index is 0.690. The van der Waals surface area contributed by atoms with Gasteiger partial charge in [-0.1, -0.05) is 17.7 Å². The van der Waals surface area contributed by atoms with E-state index in [4.69, 9.17) is 16.6 Å². The minimum atomic E-state index is 0.690. The van der Waals surface area contributed by atoms with Gasteiger partial charge in [0.1, 0.15) is 17.7 Å². The van der Waals surface area contributed by atoms with Gasteiger partial charge in [-0.25, -0.2) is 9.97 Å². The Balaban J connectivity index is 1.61. The Morgan fingerprint density at radius 3 is 2.69 bits per heavy atom. The Kier molecular flexibility index (Phi) is 4.57. The third kappa shape index (κ3) is 3.12. The van der Waals surface area contributed by atoms with Crippen molar-refractivity contribution in [3.05, 3.63) is 59.8 Å². The molecule has 160 valence electrons. The minimum Gasteiger partial charge on any atom is -0.371 e. The molecule has 0 radical (unpaired) electrons. The highest BCUT2D eigenvalue weighted by Crippen LogP contribution is 2.35. The fourth-order valence-electron chi connectivity index (χ4n) is 4.68. The average Bonchev–Trinajstić information content (AvgIpc) is 3.47. The van der Waals surface area contributed by atoms with Crippen molar-refractivity contribution in [2.75, 3.05) is 18.0 Å². The molecule has 0 unspecified atom stereocenters. The van der Waals surface area contributed by atoms with Gasteiger partial charge in [0.15, 0.2) is 5.82 Å². The van der Waals surface area contributed by atoms with Crippen molar-refractivity contribution in [3.8, 4) is 17.1 Å². The molecule has 2 aromatic carbocycles. The second-order valence-electron chi connectivity index (χ2n) is 8.24. The number of fused-ring (bicyclic) bond motifs is 2. The average molecular weight is 444 g/mol. The summed E-state index contributed by atoms with van der Waals surface area (Å²) in [7, 11) is 0. The molecule has 0 bridgehead atoms. The first-order valence-corrected chi connectivity index (χ1v) is 11.3. The fourth-order valence-corrected chi connectivity index (χ4v) is 4.90. The van der Waals surface area contributed by atoms with Gasteiger partial charge in [0, 0.05) is 29.7 Å². The molecule has 1 saturated heterocycles. The van der Waals surface area contributed by atoms with Gasteiger partial charge in [-0.15, -0.1) is 0 Å². The van der Waals surface area contributed by atoms with Gasteiger partial charge in [-0.3, -0.25) is 14.6 Å². The Hall–Kier alpha value is -3.45. The largest absolute Gasteiger partial charge is 0.371 e. The number of nitrogens with one attached hydrogen (secondary N) is 1. The first kappa shape index (κ1) is 19.3. The molecule has 1 fully saturated rings. The zero-order valence-electron chi connectivity index (χ0n) is 17.7. The molecule has 32 heavy (non-hydrogen) atoms. The summed E-state index contributed by atoms with van der Waals surface area (Å²) in [6, 6.07) is 12.3. The van der Waals surface area contributed by atoms with Crippen LogP contribution in [0.3, 0.4) is 0 Å². The second kappa shape index (κ2) is 7.60. The summed E-state index contributed by atoms with van der Waals surface area (Å²) in [4.78, 5) is 16.5. The van der Waals surface area contributed by atoms with E-state index in [1.54, 1.807) is 0 Å². The molecule has 0 atom stereocenters. The summed E-state index contributed by atoms with van der Waals surface area (Å²) in [5.41, 5.74) is 5.85. The molecule has 1 N–H and O–H groups in total. The number of anilines is 1. The van der Waals surface area contributed by atoms with Crippen LogP contribution in [0.15, 0.2) is 48.9 Å². The summed E-state index contributed by atoms with van der Waals surface area (Å²) in [6.07, 6.45) is 7.12. The van der Waals surface area contributed by atoms with Crippen LogP contribution in [0.5, 0.6) is 0 Å². The van der Waals surface area contributed by atoms with Crippen molar-refractivity contribution in [1.29, 1.82) is 0 Å². The number of aryl methyl sites for hydroxylation is 1. The molecule has 1 aliphatic heterocycles. The number of hydrogen-bond acceptors (Lipinski definition) is 5. The van der Waals surface area contributed by atoms with Gasteiger partial charge in [0.05, 0.1) is 27.9 Å². The van der Waals surface area contributed by atoms with Gasteiger partial charge in [0.25, 0.3) is 0 Å². The van der Waals surface area contributed by atoms with Crippen LogP contribution in [0.1, 0.15) is 25.1 Å². The molecule has 8 heteroatoms. The predicted molar refractivity (Wildman–Crippen MR) is 128 cm³/mol. The van der Waals surface area contributed by atoms with Crippen LogP contribution in [0.4, 0.5) is 5.69 Å². The molecule has 3 aromatic heterocycles. The van der Waals surface area contributed by atoms with Crippen molar-refractivity contribution >= 4 is 39.2 Å². The van der Waals surface area contributed by atoms with E-state index < -0.39 is 0 Å². The zero-order valence-corrected chi connectivity index (χ0v) is 18.5. The van der Waals surface area contributed by atoms with Crippen LogP contribution >= 0.6 is 11.6 Å². The number of aromatic amines is 1. The summed E-state index contributed by atoms with van der Waals surface area (Å²) < 4.78 is 2.15. The van der Waals surface area contributed by atoms with Crippen LogP contribution in [-0.4, -0.2) is 42.8 Å². The summed E-state index contributed by atoms with van der Waals surface area (Å²) in [5, 5.41) is 8.70. The number of H-pyrrole nitrogens is 1. The number of piperidine rings is 1. The monoisotopic (exact) mass is 443 g/mol. The third-order valence-corrected chi connectivity index (χ3v) is 6.55. The molecule has 0 amide bonds. The van der Waals surface area contributed by atoms with Crippen LogP contribution in [0, 0.1) is 6.92 Å². The first-order chi connectivity index (χ1) is 15.7. The highest BCUT2D eigenvalue weighted by atomic mass is 35.5. The van der Waals surface area contributed by atoms with E-state index in [1.807, 2.05) is 31.3 Å². The van der Waals surface area contributed by atoms with E-state index in [-0.39, 0.29) is 0 Å². The van der Waals surface area contributed by atoms with E-state index >= 15 is 0 Å². The lowest BCUT2D eigenvalue weighted by molar-refractivity contribution is 0.578. The number of halogens is 1. The van der Waals surface area contributed by atoms with Crippen molar-refractivity contribution in [3.63, 3.8) is 0 Å². The predicted octanol–water partition coefficient (Wildman–Crippen LogP) is 5.31. The standard InChI is InChI=1S/C24H22ClN7/c1-15-29-23-19(24-27-14-28-30-24)10-16(31-8-3-2-4-9-31)12-22(23)32(15)17-11-18-20(25)6-5-7-21(18)26-13-17/h5-7,10-14H,2-4,8-9H2,1H3,(H,27,28,30). The van der Waals surface area contributed by atoms with Gasteiger partial charge < -0.3 is 4.90 Å². The van der Waals surface area contributed by atoms with E-state index in [9.17, 15) is 0 Å². The lowest BCUT2D eigenvalue weighted by Crippen LogP contribution is -2.29. The van der Waals surface area contributed by atoms with Crippen molar-refractivity contribution < 1.29 is 0 Å². The number of benzene rings is 2. The Morgan fingerprint density at radius 2 is 1.88 bits per heavy atom. The maximum absolute atomic E-state index is 6.48. The summed E-state index contributed by atoms with van der Waals surface area (Å²) >= 11 is 6.48. The smallest absolute Gasteiger partial charge is 0.157 e. The molecule has 0 aliphatic carbocycles. The lowest BCUT2D eigenvalue weighted by Gasteiger charge is -2.29. The van der Waals surface area contributed by atoms with E-state index in [1.165, 1.54) is 31.3 Å². The topological polar surface area (TPSA) is 75.5 Å². The number of hydrogen-bond donors (Lipinski definition) is 1. The number of pyridine rings is 1. The normalized spacial score (nSPS) is 14.5. The second-order valence-corrected chi connectivity index (χ2v) is 8.64. The van der Waals surface area contributed by atoms with Crippen LogP contribution in [0.25, 0.3) is 39.0 Å². The molecular weight excluding hydrogens is 422 g/mol. The molecule has 0 saturated carbocycles. The van der Waals surface area contributed by atoms with E-state index in [0.29, 0.717) is 5.02 Å². The highest BCUT2D eigenvalue weighted by molar-refractivity contribution is 6.35. The van der Waals surface area contributed by atoms with E-state index in [0.717, 1.165) is 57.9 Å². The molecule has 7 nitrogen and oxygen atoms in total. The Labute approximate surface area is 190 Å². The van der Waals surface area contributed by atoms with Crippen LogP contribution in [-0.2, 0) is 0 Å². The van der Waals surface area contributed by atoms with Crippen molar-refractivity contribution in [2.45, 2.75) is 26.2 Å². The van der Waals surface area contributed by atoms with Gasteiger partial charge in [-0.05, 0) is 56.5 Å².